The quantitative estimate of drug-likeness (QED) is 0.747. The zero-order chi connectivity index (χ0) is 22.3. The lowest BCUT2D eigenvalue weighted by atomic mass is 9.63. The first-order valence-corrected chi connectivity index (χ1v) is 11.7. The number of para-hydroxylation sites is 1. The van der Waals surface area contributed by atoms with Crippen LogP contribution in [0.3, 0.4) is 0 Å². The van der Waals surface area contributed by atoms with Crippen LogP contribution in [-0.4, -0.2) is 57.5 Å². The monoisotopic (exact) mass is 439 g/mol. The van der Waals surface area contributed by atoms with Crippen LogP contribution in [0.1, 0.15) is 56.8 Å². The Morgan fingerprint density at radius 2 is 2.19 bits per heavy atom. The van der Waals surface area contributed by atoms with E-state index < -0.39 is 11.0 Å². The number of nitrogens with zero attached hydrogens (tertiary/aromatic N) is 2. The third kappa shape index (κ3) is 3.71. The van der Waals surface area contributed by atoms with E-state index in [0.29, 0.717) is 19.5 Å². The van der Waals surface area contributed by atoms with Crippen LogP contribution in [-0.2, 0) is 16.0 Å². The second-order valence-corrected chi connectivity index (χ2v) is 10.2. The molecule has 0 radical (unpaired) electrons. The van der Waals surface area contributed by atoms with E-state index in [1.54, 1.807) is 6.20 Å². The van der Waals surface area contributed by atoms with Crippen molar-refractivity contribution in [2.75, 3.05) is 19.7 Å². The molecule has 1 amide bonds. The summed E-state index contributed by atoms with van der Waals surface area (Å²) in [6, 6.07) is 8.12. The number of aliphatic hydroxyl groups is 1. The minimum absolute atomic E-state index is 0.0113. The van der Waals surface area contributed by atoms with E-state index in [-0.39, 0.29) is 30.6 Å². The summed E-state index contributed by atoms with van der Waals surface area (Å²) in [6.07, 6.45) is 7.23. The molecular formula is C25H33N3O4. The molecule has 32 heavy (non-hydrogen) atoms. The van der Waals surface area contributed by atoms with E-state index in [1.807, 2.05) is 29.3 Å². The predicted molar refractivity (Wildman–Crippen MR) is 119 cm³/mol. The highest BCUT2D eigenvalue weighted by Gasteiger charge is 2.57. The number of carbonyl (C=O) groups excluding carboxylic acids is 1. The molecule has 0 spiro atoms. The Labute approximate surface area is 189 Å². The van der Waals surface area contributed by atoms with Gasteiger partial charge in [0.25, 0.3) is 0 Å². The van der Waals surface area contributed by atoms with Gasteiger partial charge in [-0.15, -0.1) is 0 Å². The third-order valence-corrected chi connectivity index (χ3v) is 7.72. The first kappa shape index (κ1) is 21.5. The summed E-state index contributed by atoms with van der Waals surface area (Å²) in [5, 5.41) is 17.3. The molecule has 3 aliphatic rings. The summed E-state index contributed by atoms with van der Waals surface area (Å²) in [5.41, 5.74) is 1.35. The number of nitrogens with one attached hydrogen (secondary N) is 1. The lowest BCUT2D eigenvalue weighted by Gasteiger charge is -2.58. The number of ether oxygens (including phenoxy) is 2. The minimum atomic E-state index is -0.452. The number of hydrogen-bond donors (Lipinski definition) is 2. The smallest absolute Gasteiger partial charge is 0.222 e. The summed E-state index contributed by atoms with van der Waals surface area (Å²) in [6.45, 7) is 5.45. The van der Waals surface area contributed by atoms with Crippen molar-refractivity contribution in [1.29, 1.82) is 0 Å². The van der Waals surface area contributed by atoms with Crippen molar-refractivity contribution in [3.05, 3.63) is 47.8 Å². The Bertz CT molecular complexity index is 960. The van der Waals surface area contributed by atoms with E-state index >= 15 is 0 Å². The van der Waals surface area contributed by atoms with Crippen LogP contribution in [0, 0.1) is 11.3 Å². The number of benzene rings is 1. The second-order valence-electron chi connectivity index (χ2n) is 10.2. The Morgan fingerprint density at radius 1 is 1.34 bits per heavy atom. The molecule has 0 saturated carbocycles. The highest BCUT2D eigenvalue weighted by Crippen LogP contribution is 2.56. The number of aromatic nitrogens is 2. The molecule has 1 aromatic carbocycles. The fourth-order valence-electron chi connectivity index (χ4n) is 5.88. The topological polar surface area (TPSA) is 87.7 Å². The molecule has 0 unspecified atom stereocenters. The third-order valence-electron chi connectivity index (χ3n) is 7.72. The number of aromatic amines is 1. The molecule has 3 aliphatic heterocycles. The average molecular weight is 440 g/mol. The van der Waals surface area contributed by atoms with Crippen molar-refractivity contribution in [3.63, 3.8) is 0 Å². The van der Waals surface area contributed by atoms with Crippen LogP contribution in [0.15, 0.2) is 36.7 Å². The van der Waals surface area contributed by atoms with Gasteiger partial charge in [0.1, 0.15) is 11.4 Å². The number of aryl methyl sites for hydroxylation is 1. The number of H-pyrrole nitrogens is 1. The van der Waals surface area contributed by atoms with Gasteiger partial charge >= 0.3 is 0 Å². The van der Waals surface area contributed by atoms with Crippen LogP contribution in [0.4, 0.5) is 0 Å². The first-order valence-electron chi connectivity index (χ1n) is 11.7. The molecular weight excluding hydrogens is 406 g/mol. The second kappa shape index (κ2) is 8.19. The summed E-state index contributed by atoms with van der Waals surface area (Å²) >= 11 is 0. The number of carbonyl (C=O) groups is 1. The number of hydrogen-bond acceptors (Lipinski definition) is 5. The molecule has 1 aromatic heterocycles. The van der Waals surface area contributed by atoms with Gasteiger partial charge in [-0.1, -0.05) is 18.2 Å². The van der Waals surface area contributed by atoms with E-state index in [4.69, 9.17) is 9.47 Å². The van der Waals surface area contributed by atoms with Crippen LogP contribution in [0.25, 0.3) is 0 Å². The number of rotatable bonds is 5. The van der Waals surface area contributed by atoms with Gasteiger partial charge in [0, 0.05) is 42.6 Å². The molecule has 4 atom stereocenters. The lowest BCUT2D eigenvalue weighted by molar-refractivity contribution is -0.231. The van der Waals surface area contributed by atoms with Gasteiger partial charge in [-0.05, 0) is 51.2 Å². The Morgan fingerprint density at radius 3 is 2.97 bits per heavy atom. The zero-order valence-electron chi connectivity index (χ0n) is 18.9. The summed E-state index contributed by atoms with van der Waals surface area (Å²) in [5.74, 6) is 1.16. The number of amides is 1. The maximum absolute atomic E-state index is 13.0. The van der Waals surface area contributed by atoms with Gasteiger partial charge < -0.3 is 19.5 Å². The van der Waals surface area contributed by atoms with Gasteiger partial charge in [0.05, 0.1) is 25.0 Å². The highest BCUT2D eigenvalue weighted by atomic mass is 16.5. The molecule has 0 aliphatic carbocycles. The van der Waals surface area contributed by atoms with Crippen LogP contribution in [0.2, 0.25) is 0 Å². The molecule has 7 nitrogen and oxygen atoms in total. The molecule has 2 saturated heterocycles. The molecule has 5 rings (SSSR count). The van der Waals surface area contributed by atoms with Crippen LogP contribution < -0.4 is 4.74 Å². The predicted octanol–water partition coefficient (Wildman–Crippen LogP) is 3.26. The first-order chi connectivity index (χ1) is 15.4. The minimum Gasteiger partial charge on any atom is -0.487 e. The van der Waals surface area contributed by atoms with Crippen LogP contribution in [0.5, 0.6) is 5.75 Å². The summed E-state index contributed by atoms with van der Waals surface area (Å²) in [7, 11) is 0. The van der Waals surface area contributed by atoms with Gasteiger partial charge in [0.15, 0.2) is 0 Å². The summed E-state index contributed by atoms with van der Waals surface area (Å²) in [4.78, 5) is 14.9. The molecule has 172 valence electrons. The summed E-state index contributed by atoms with van der Waals surface area (Å²) < 4.78 is 13.1. The number of likely N-dealkylation sites (tertiary alicyclic amines) is 1. The van der Waals surface area contributed by atoms with Gasteiger partial charge in [0.2, 0.25) is 5.91 Å². The van der Waals surface area contributed by atoms with Crippen molar-refractivity contribution in [2.45, 2.75) is 63.8 Å². The highest BCUT2D eigenvalue weighted by molar-refractivity contribution is 5.76. The Balaban J connectivity index is 1.31. The van der Waals surface area contributed by atoms with Crippen molar-refractivity contribution in [2.24, 2.45) is 11.3 Å². The van der Waals surface area contributed by atoms with Crippen molar-refractivity contribution >= 4 is 5.91 Å². The van der Waals surface area contributed by atoms with Crippen molar-refractivity contribution in [3.8, 4) is 5.75 Å². The molecule has 2 fully saturated rings. The average Bonchev–Trinajstić information content (AvgIpc) is 3.31. The maximum atomic E-state index is 13.0. The molecule has 4 heterocycles. The van der Waals surface area contributed by atoms with Gasteiger partial charge in [-0.25, -0.2) is 0 Å². The van der Waals surface area contributed by atoms with Crippen LogP contribution >= 0.6 is 0 Å². The van der Waals surface area contributed by atoms with Gasteiger partial charge in [-0.2, -0.15) is 5.10 Å². The zero-order valence-corrected chi connectivity index (χ0v) is 18.9. The fraction of sp³-hybridized carbons (Fsp3) is 0.600. The lowest BCUT2D eigenvalue weighted by Crippen LogP contribution is -2.62. The standard InChI is InChI=1S/C25H33N3O4/c1-24(2)19-12-25(16-29)15-28(22(30)9-5-6-17-13-26-27-14-17)11-10-21(25)31-23(19)18-7-3-4-8-20(18)32-24/h3-4,7-8,13-14,19,21,23,29H,5-6,9-12,15-16H2,1-2H3,(H,26,27)/t19-,21-,23+,25+/m1/s1. The largest absolute Gasteiger partial charge is 0.487 e. The number of fused-ring (bicyclic) bond motifs is 4. The van der Waals surface area contributed by atoms with Gasteiger partial charge in [-0.3, -0.25) is 9.89 Å². The van der Waals surface area contributed by atoms with Crippen molar-refractivity contribution in [1.82, 2.24) is 15.1 Å². The molecule has 2 N–H and O–H groups in total. The Kier molecular flexibility index (Phi) is 5.50. The molecule has 0 bridgehead atoms. The normalized spacial score (nSPS) is 30.6. The van der Waals surface area contributed by atoms with E-state index in [2.05, 4.69) is 30.1 Å². The van der Waals surface area contributed by atoms with E-state index in [1.165, 1.54) is 0 Å². The maximum Gasteiger partial charge on any atom is 0.222 e. The number of aliphatic hydroxyl groups excluding tert-OH is 1. The molecule has 7 heteroatoms. The number of piperidine rings is 1. The molecule has 2 aromatic rings. The Hall–Kier alpha value is -2.38. The van der Waals surface area contributed by atoms with E-state index in [9.17, 15) is 9.90 Å². The SMILES string of the molecule is CC1(C)Oc2ccccc2[C@@H]2O[C@@H]3CCN(C(=O)CCCc4cn[nH]c4)C[C@]3(CO)C[C@H]21. The van der Waals surface area contributed by atoms with E-state index in [0.717, 1.165) is 42.6 Å². The fourth-order valence-corrected chi connectivity index (χ4v) is 5.88. The van der Waals surface area contributed by atoms with Crippen molar-refractivity contribution < 1.29 is 19.4 Å².